The van der Waals surface area contributed by atoms with E-state index < -0.39 is 5.60 Å². The number of aliphatic hydroxyl groups is 1. The molecule has 1 fully saturated rings. The SMILES string of the molecule is Cc1ccc2cc(CN3CCC(C)(O)C3)c(Cl)nc2c1. The van der Waals surface area contributed by atoms with Crippen molar-refractivity contribution >= 4 is 22.5 Å². The molecule has 0 radical (unpaired) electrons. The van der Waals surface area contributed by atoms with Gasteiger partial charge in [0, 0.05) is 30.6 Å². The summed E-state index contributed by atoms with van der Waals surface area (Å²) in [6.07, 6.45) is 0.810. The number of aryl methyl sites for hydroxylation is 1. The lowest BCUT2D eigenvalue weighted by atomic mass is 10.1. The second-order valence-corrected chi connectivity index (χ2v) is 6.45. The van der Waals surface area contributed by atoms with Crippen LogP contribution >= 0.6 is 11.6 Å². The van der Waals surface area contributed by atoms with Crippen molar-refractivity contribution in [1.29, 1.82) is 0 Å². The molecule has 1 aromatic carbocycles. The molecule has 0 amide bonds. The van der Waals surface area contributed by atoms with Crippen molar-refractivity contribution in [2.24, 2.45) is 0 Å². The predicted molar refractivity (Wildman–Crippen MR) is 82.0 cm³/mol. The molecule has 106 valence electrons. The van der Waals surface area contributed by atoms with Gasteiger partial charge in [0.1, 0.15) is 5.15 Å². The zero-order chi connectivity index (χ0) is 14.3. The van der Waals surface area contributed by atoms with Gasteiger partial charge in [-0.05, 0) is 38.0 Å². The Morgan fingerprint density at radius 3 is 2.90 bits per heavy atom. The Hall–Kier alpha value is -1.16. The number of likely N-dealkylation sites (tertiary alicyclic amines) is 1. The fourth-order valence-corrected chi connectivity index (χ4v) is 3.03. The number of halogens is 1. The van der Waals surface area contributed by atoms with Crippen LogP contribution in [0.5, 0.6) is 0 Å². The average Bonchev–Trinajstić information content (AvgIpc) is 2.70. The van der Waals surface area contributed by atoms with Gasteiger partial charge in [-0.3, -0.25) is 4.90 Å². The summed E-state index contributed by atoms with van der Waals surface area (Å²) in [6, 6.07) is 8.32. The van der Waals surface area contributed by atoms with E-state index in [1.165, 1.54) is 5.56 Å². The molecule has 20 heavy (non-hydrogen) atoms. The molecule has 1 aromatic heterocycles. The summed E-state index contributed by atoms with van der Waals surface area (Å²) in [6.45, 7) is 6.27. The molecule has 2 aromatic rings. The third-order valence-corrected chi connectivity index (χ3v) is 4.25. The van der Waals surface area contributed by atoms with Crippen LogP contribution in [-0.4, -0.2) is 33.7 Å². The highest BCUT2D eigenvalue weighted by atomic mass is 35.5. The minimum absolute atomic E-state index is 0.564. The number of pyridine rings is 1. The second kappa shape index (κ2) is 4.99. The van der Waals surface area contributed by atoms with E-state index in [9.17, 15) is 5.11 Å². The van der Waals surface area contributed by atoms with Gasteiger partial charge in [0.15, 0.2) is 0 Å². The molecule has 0 saturated carbocycles. The zero-order valence-corrected chi connectivity index (χ0v) is 12.6. The Kier molecular flexibility index (Phi) is 3.44. The van der Waals surface area contributed by atoms with Crippen LogP contribution in [0.15, 0.2) is 24.3 Å². The first kappa shape index (κ1) is 13.8. The molecule has 1 unspecified atom stereocenters. The molecule has 0 bridgehead atoms. The van der Waals surface area contributed by atoms with E-state index in [0.29, 0.717) is 11.7 Å². The van der Waals surface area contributed by atoms with Crippen LogP contribution in [0.25, 0.3) is 10.9 Å². The number of aromatic nitrogens is 1. The van der Waals surface area contributed by atoms with Gasteiger partial charge in [0.05, 0.1) is 11.1 Å². The molecule has 2 heterocycles. The van der Waals surface area contributed by atoms with E-state index in [-0.39, 0.29) is 0 Å². The first-order valence-electron chi connectivity index (χ1n) is 6.93. The molecule has 3 nitrogen and oxygen atoms in total. The molecule has 0 spiro atoms. The van der Waals surface area contributed by atoms with Crippen molar-refractivity contribution < 1.29 is 5.11 Å². The maximum absolute atomic E-state index is 10.0. The van der Waals surface area contributed by atoms with Gasteiger partial charge >= 0.3 is 0 Å². The molecular formula is C16H19ClN2O. The van der Waals surface area contributed by atoms with Crippen LogP contribution in [0.1, 0.15) is 24.5 Å². The minimum atomic E-state index is -0.576. The summed E-state index contributed by atoms with van der Waals surface area (Å²) in [5.74, 6) is 0. The lowest BCUT2D eigenvalue weighted by Gasteiger charge is -2.19. The highest BCUT2D eigenvalue weighted by Crippen LogP contribution is 2.26. The van der Waals surface area contributed by atoms with E-state index in [2.05, 4.69) is 35.0 Å². The third kappa shape index (κ3) is 2.80. The zero-order valence-electron chi connectivity index (χ0n) is 11.9. The number of hydrogen-bond acceptors (Lipinski definition) is 3. The predicted octanol–water partition coefficient (Wildman–Crippen LogP) is 3.15. The normalized spacial score (nSPS) is 23.6. The van der Waals surface area contributed by atoms with Gasteiger partial charge in [-0.25, -0.2) is 4.98 Å². The number of rotatable bonds is 2. The molecule has 4 heteroatoms. The van der Waals surface area contributed by atoms with Crippen molar-refractivity contribution in [3.05, 3.63) is 40.5 Å². The van der Waals surface area contributed by atoms with Crippen molar-refractivity contribution in [3.8, 4) is 0 Å². The van der Waals surface area contributed by atoms with Crippen LogP contribution in [-0.2, 0) is 6.54 Å². The molecule has 3 rings (SSSR count). The summed E-state index contributed by atoms with van der Waals surface area (Å²) in [4.78, 5) is 6.72. The van der Waals surface area contributed by atoms with E-state index in [0.717, 1.165) is 36.0 Å². The monoisotopic (exact) mass is 290 g/mol. The first-order chi connectivity index (χ1) is 9.43. The quantitative estimate of drug-likeness (QED) is 0.863. The Morgan fingerprint density at radius 1 is 1.40 bits per heavy atom. The summed E-state index contributed by atoms with van der Waals surface area (Å²) in [7, 11) is 0. The highest BCUT2D eigenvalue weighted by molar-refractivity contribution is 6.30. The van der Waals surface area contributed by atoms with Crippen molar-refractivity contribution in [1.82, 2.24) is 9.88 Å². The van der Waals surface area contributed by atoms with Crippen LogP contribution in [0.3, 0.4) is 0 Å². The third-order valence-electron chi connectivity index (χ3n) is 3.92. The lowest BCUT2D eigenvalue weighted by Crippen LogP contribution is -2.29. The van der Waals surface area contributed by atoms with Crippen LogP contribution in [0, 0.1) is 6.92 Å². The minimum Gasteiger partial charge on any atom is -0.389 e. The Balaban J connectivity index is 1.88. The Labute approximate surface area is 124 Å². The topological polar surface area (TPSA) is 36.4 Å². The van der Waals surface area contributed by atoms with E-state index in [1.54, 1.807) is 0 Å². The van der Waals surface area contributed by atoms with Crippen molar-refractivity contribution in [2.75, 3.05) is 13.1 Å². The molecular weight excluding hydrogens is 272 g/mol. The van der Waals surface area contributed by atoms with Crippen LogP contribution in [0.4, 0.5) is 0 Å². The standard InChI is InChI=1S/C16H19ClN2O/c1-11-3-4-12-8-13(15(17)18-14(12)7-11)9-19-6-5-16(2,20)10-19/h3-4,7-8,20H,5-6,9-10H2,1-2H3. The number of fused-ring (bicyclic) bond motifs is 1. The van der Waals surface area contributed by atoms with E-state index in [4.69, 9.17) is 11.6 Å². The molecule has 1 saturated heterocycles. The highest BCUT2D eigenvalue weighted by Gasteiger charge is 2.31. The van der Waals surface area contributed by atoms with Gasteiger partial charge in [-0.2, -0.15) is 0 Å². The van der Waals surface area contributed by atoms with Gasteiger partial charge in [0.2, 0.25) is 0 Å². The molecule has 1 N–H and O–H groups in total. The van der Waals surface area contributed by atoms with Crippen molar-refractivity contribution in [3.63, 3.8) is 0 Å². The largest absolute Gasteiger partial charge is 0.389 e. The molecule has 1 aliphatic rings. The summed E-state index contributed by atoms with van der Waals surface area (Å²) < 4.78 is 0. The fraction of sp³-hybridized carbons (Fsp3) is 0.438. The maximum Gasteiger partial charge on any atom is 0.134 e. The van der Waals surface area contributed by atoms with Crippen LogP contribution in [0.2, 0.25) is 5.15 Å². The maximum atomic E-state index is 10.0. The van der Waals surface area contributed by atoms with E-state index in [1.807, 2.05) is 13.0 Å². The summed E-state index contributed by atoms with van der Waals surface area (Å²) in [5.41, 5.74) is 2.57. The second-order valence-electron chi connectivity index (χ2n) is 6.09. The van der Waals surface area contributed by atoms with Gasteiger partial charge < -0.3 is 5.11 Å². The average molecular weight is 291 g/mol. The summed E-state index contributed by atoms with van der Waals surface area (Å²) in [5, 5.41) is 11.7. The van der Waals surface area contributed by atoms with Crippen LogP contribution < -0.4 is 0 Å². The summed E-state index contributed by atoms with van der Waals surface area (Å²) >= 11 is 6.30. The molecule has 0 aliphatic carbocycles. The smallest absolute Gasteiger partial charge is 0.134 e. The number of hydrogen-bond donors (Lipinski definition) is 1. The number of nitrogens with zero attached hydrogens (tertiary/aromatic N) is 2. The number of β-amino-alcohol motifs (C(OH)–C–C–N with tert-alkyl or cyclic N) is 1. The fourth-order valence-electron chi connectivity index (χ4n) is 2.82. The first-order valence-corrected chi connectivity index (χ1v) is 7.31. The number of benzene rings is 1. The van der Waals surface area contributed by atoms with E-state index >= 15 is 0 Å². The van der Waals surface area contributed by atoms with Gasteiger partial charge in [-0.1, -0.05) is 23.7 Å². The molecule has 1 atom stereocenters. The van der Waals surface area contributed by atoms with Gasteiger partial charge in [-0.15, -0.1) is 0 Å². The van der Waals surface area contributed by atoms with Gasteiger partial charge in [0.25, 0.3) is 0 Å². The Morgan fingerprint density at radius 2 is 2.20 bits per heavy atom. The molecule has 1 aliphatic heterocycles. The Bertz CT molecular complexity index is 654. The van der Waals surface area contributed by atoms with Crippen molar-refractivity contribution in [2.45, 2.75) is 32.4 Å². The lowest BCUT2D eigenvalue weighted by molar-refractivity contribution is 0.0679.